The Bertz CT molecular complexity index is 863. The third kappa shape index (κ3) is 3.60. The lowest BCUT2D eigenvalue weighted by atomic mass is 10.1. The highest BCUT2D eigenvalue weighted by Crippen LogP contribution is 2.37. The molecule has 2 aliphatic heterocycles. The maximum Gasteiger partial charge on any atom is 0.338 e. The van der Waals surface area contributed by atoms with E-state index < -0.39 is 5.97 Å². The fourth-order valence-electron chi connectivity index (χ4n) is 3.57. The van der Waals surface area contributed by atoms with Crippen LogP contribution >= 0.6 is 0 Å². The van der Waals surface area contributed by atoms with E-state index in [1.807, 2.05) is 37.3 Å². The molecule has 1 N–H and O–H groups in total. The zero-order chi connectivity index (χ0) is 18.8. The highest BCUT2D eigenvalue weighted by molar-refractivity contribution is 6.05. The minimum atomic E-state index is -0.428. The number of amides is 1. The number of hydrogen-bond donors (Lipinski definition) is 1. The first-order valence-electron chi connectivity index (χ1n) is 9.20. The molecule has 0 radical (unpaired) electrons. The quantitative estimate of drug-likeness (QED) is 0.650. The van der Waals surface area contributed by atoms with Gasteiger partial charge < -0.3 is 19.7 Å². The number of hydrogen-bond acceptors (Lipinski definition) is 5. The molecule has 0 saturated carbocycles. The Morgan fingerprint density at radius 3 is 2.81 bits per heavy atom. The first-order chi connectivity index (χ1) is 13.1. The van der Waals surface area contributed by atoms with Crippen molar-refractivity contribution in [1.29, 1.82) is 0 Å². The number of nitrogens with one attached hydrogen (secondary N) is 1. The fraction of sp³-hybridized carbons (Fsp3) is 0.333. The van der Waals surface area contributed by atoms with Crippen LogP contribution in [0.25, 0.3) is 0 Å². The molecular weight excluding hydrogens is 344 g/mol. The average molecular weight is 366 g/mol. The Kier molecular flexibility index (Phi) is 4.71. The van der Waals surface area contributed by atoms with E-state index in [4.69, 9.17) is 9.47 Å². The molecule has 1 fully saturated rings. The van der Waals surface area contributed by atoms with Crippen LogP contribution in [0.5, 0.6) is 5.75 Å². The third-order valence-electron chi connectivity index (χ3n) is 4.96. The van der Waals surface area contributed by atoms with Crippen molar-refractivity contribution in [2.75, 3.05) is 30.0 Å². The van der Waals surface area contributed by atoms with Gasteiger partial charge >= 0.3 is 5.97 Å². The van der Waals surface area contributed by atoms with Gasteiger partial charge in [0.1, 0.15) is 25.0 Å². The van der Waals surface area contributed by atoms with Crippen LogP contribution in [0.2, 0.25) is 0 Å². The molecule has 2 aromatic carbocycles. The lowest BCUT2D eigenvalue weighted by molar-refractivity contribution is -0.117. The number of rotatable bonds is 5. The highest BCUT2D eigenvalue weighted by Gasteiger charge is 2.36. The molecule has 0 spiro atoms. The van der Waals surface area contributed by atoms with Crippen molar-refractivity contribution in [1.82, 2.24) is 0 Å². The van der Waals surface area contributed by atoms with Gasteiger partial charge in [-0.3, -0.25) is 4.79 Å². The summed E-state index contributed by atoms with van der Waals surface area (Å²) in [4.78, 5) is 26.6. The number of carbonyl (C=O) groups excluding carboxylic acids is 2. The molecule has 0 unspecified atom stereocenters. The first-order valence-corrected chi connectivity index (χ1v) is 9.20. The number of benzene rings is 2. The van der Waals surface area contributed by atoms with Crippen LogP contribution in [0.3, 0.4) is 0 Å². The number of anilines is 2. The van der Waals surface area contributed by atoms with Gasteiger partial charge in [0.2, 0.25) is 5.91 Å². The molecule has 0 bridgehead atoms. The summed E-state index contributed by atoms with van der Waals surface area (Å²) in [6.07, 6.45) is 1.87. The molecule has 1 saturated heterocycles. The van der Waals surface area contributed by atoms with Gasteiger partial charge in [0, 0.05) is 6.54 Å². The predicted octanol–water partition coefficient (Wildman–Crippen LogP) is 3.15. The van der Waals surface area contributed by atoms with Gasteiger partial charge in [0.25, 0.3) is 0 Å². The molecule has 2 heterocycles. The summed E-state index contributed by atoms with van der Waals surface area (Å²) < 4.78 is 10.8. The topological polar surface area (TPSA) is 67.9 Å². The molecule has 6 nitrogen and oxygen atoms in total. The summed E-state index contributed by atoms with van der Waals surface area (Å²) in [7, 11) is 0. The van der Waals surface area contributed by atoms with Gasteiger partial charge in [-0.25, -0.2) is 4.79 Å². The lowest BCUT2D eigenvalue weighted by Gasteiger charge is -2.33. The number of carbonyl (C=O) groups is 2. The molecule has 1 amide bonds. The van der Waals surface area contributed by atoms with E-state index in [-0.39, 0.29) is 25.2 Å². The zero-order valence-corrected chi connectivity index (χ0v) is 15.2. The molecule has 0 aromatic heterocycles. The van der Waals surface area contributed by atoms with Gasteiger partial charge in [-0.15, -0.1) is 0 Å². The SMILES string of the molecule is Cc1ccc(OCCOC(=O)c2ccc3c(c2)NC(=O)[C@H]2CCCN32)cc1. The minimum absolute atomic E-state index is 0.00276. The summed E-state index contributed by atoms with van der Waals surface area (Å²) in [6, 6.07) is 12.9. The van der Waals surface area contributed by atoms with Crippen molar-refractivity contribution in [3.63, 3.8) is 0 Å². The monoisotopic (exact) mass is 366 g/mol. The van der Waals surface area contributed by atoms with Gasteiger partial charge in [0.15, 0.2) is 0 Å². The van der Waals surface area contributed by atoms with E-state index in [1.54, 1.807) is 12.1 Å². The van der Waals surface area contributed by atoms with Crippen LogP contribution in [0, 0.1) is 6.92 Å². The van der Waals surface area contributed by atoms with Gasteiger partial charge in [-0.2, -0.15) is 0 Å². The highest BCUT2D eigenvalue weighted by atomic mass is 16.6. The van der Waals surface area contributed by atoms with Crippen LogP contribution < -0.4 is 15.0 Å². The Balaban J connectivity index is 1.35. The van der Waals surface area contributed by atoms with Crippen LogP contribution in [0.1, 0.15) is 28.8 Å². The van der Waals surface area contributed by atoms with Gasteiger partial charge in [0.05, 0.1) is 16.9 Å². The average Bonchev–Trinajstić information content (AvgIpc) is 3.17. The van der Waals surface area contributed by atoms with E-state index >= 15 is 0 Å². The molecule has 27 heavy (non-hydrogen) atoms. The van der Waals surface area contributed by atoms with E-state index in [0.29, 0.717) is 11.3 Å². The van der Waals surface area contributed by atoms with E-state index in [1.165, 1.54) is 0 Å². The second kappa shape index (κ2) is 7.31. The summed E-state index contributed by atoms with van der Waals surface area (Å²) >= 11 is 0. The van der Waals surface area contributed by atoms with E-state index in [0.717, 1.165) is 36.4 Å². The normalized spacial score (nSPS) is 17.7. The van der Waals surface area contributed by atoms with Crippen molar-refractivity contribution < 1.29 is 19.1 Å². The van der Waals surface area contributed by atoms with Crippen LogP contribution in [0.15, 0.2) is 42.5 Å². The van der Waals surface area contributed by atoms with Crippen molar-refractivity contribution in [2.24, 2.45) is 0 Å². The number of ether oxygens (including phenoxy) is 2. The Morgan fingerprint density at radius 1 is 1.19 bits per heavy atom. The van der Waals surface area contributed by atoms with Gasteiger partial charge in [-0.05, 0) is 50.1 Å². The van der Waals surface area contributed by atoms with Crippen molar-refractivity contribution in [2.45, 2.75) is 25.8 Å². The smallest absolute Gasteiger partial charge is 0.338 e. The summed E-state index contributed by atoms with van der Waals surface area (Å²) in [6.45, 7) is 3.32. The fourth-order valence-corrected chi connectivity index (χ4v) is 3.57. The second-order valence-corrected chi connectivity index (χ2v) is 6.87. The Labute approximate surface area is 158 Å². The molecule has 6 heteroatoms. The van der Waals surface area contributed by atoms with E-state index in [9.17, 15) is 9.59 Å². The van der Waals surface area contributed by atoms with Crippen molar-refractivity contribution in [3.05, 3.63) is 53.6 Å². The standard InChI is InChI=1S/C21H22N2O4/c1-14-4-7-16(8-5-14)26-11-12-27-21(25)15-6-9-18-17(13-15)22-20(24)19-3-2-10-23(18)19/h4-9,13,19H,2-3,10-12H2,1H3,(H,22,24)/t19-/m1/s1. The van der Waals surface area contributed by atoms with Crippen LogP contribution in [0.4, 0.5) is 11.4 Å². The van der Waals surface area contributed by atoms with Crippen molar-refractivity contribution in [3.8, 4) is 5.75 Å². The minimum Gasteiger partial charge on any atom is -0.490 e. The molecule has 140 valence electrons. The third-order valence-corrected chi connectivity index (χ3v) is 4.96. The molecular formula is C21H22N2O4. The maximum absolute atomic E-state index is 12.3. The number of nitrogens with zero attached hydrogens (tertiary/aromatic N) is 1. The Hall–Kier alpha value is -3.02. The molecule has 0 aliphatic carbocycles. The number of fused-ring (bicyclic) bond motifs is 3. The zero-order valence-electron chi connectivity index (χ0n) is 15.2. The molecule has 1 atom stereocenters. The van der Waals surface area contributed by atoms with Gasteiger partial charge in [-0.1, -0.05) is 17.7 Å². The summed E-state index contributed by atoms with van der Waals surface area (Å²) in [5, 5.41) is 2.91. The van der Waals surface area contributed by atoms with E-state index in [2.05, 4.69) is 10.2 Å². The molecule has 2 aliphatic rings. The predicted molar refractivity (Wildman–Crippen MR) is 102 cm³/mol. The second-order valence-electron chi connectivity index (χ2n) is 6.87. The number of aryl methyl sites for hydroxylation is 1. The summed E-state index contributed by atoms with van der Waals surface area (Å²) in [5.74, 6) is 0.313. The maximum atomic E-state index is 12.3. The van der Waals surface area contributed by atoms with Crippen LogP contribution in [-0.2, 0) is 9.53 Å². The number of esters is 1. The first kappa shape index (κ1) is 17.4. The summed E-state index contributed by atoms with van der Waals surface area (Å²) in [5.41, 5.74) is 3.22. The Morgan fingerprint density at radius 2 is 2.00 bits per heavy atom. The van der Waals surface area contributed by atoms with Crippen molar-refractivity contribution >= 4 is 23.3 Å². The van der Waals surface area contributed by atoms with Crippen LogP contribution in [-0.4, -0.2) is 37.7 Å². The largest absolute Gasteiger partial charge is 0.490 e. The lowest BCUT2D eigenvalue weighted by Crippen LogP contribution is -2.43. The molecule has 2 aromatic rings. The molecule has 4 rings (SSSR count).